The number of methoxy groups -OCH3 is 3. The average molecular weight is 239 g/mol. The highest BCUT2D eigenvalue weighted by atomic mass is 16.5. The summed E-state index contributed by atoms with van der Waals surface area (Å²) >= 11 is 0. The fraction of sp³-hybridized carbons (Fsp3) is 0.417. The average Bonchev–Trinajstić information content (AvgIpc) is 2.37. The van der Waals surface area contributed by atoms with Crippen LogP contribution in [0.15, 0.2) is 12.1 Å². The van der Waals surface area contributed by atoms with Gasteiger partial charge in [-0.15, -0.1) is 0 Å². The highest BCUT2D eigenvalue weighted by molar-refractivity contribution is 6.03. The van der Waals surface area contributed by atoms with Crippen molar-refractivity contribution in [3.05, 3.63) is 23.3 Å². The SMILES string of the molecule is COCc1ccc(OC)c(C(=O)CN)c1OC. The van der Waals surface area contributed by atoms with Crippen molar-refractivity contribution in [1.29, 1.82) is 0 Å². The van der Waals surface area contributed by atoms with E-state index < -0.39 is 0 Å². The second kappa shape index (κ2) is 6.22. The number of hydrogen-bond donors (Lipinski definition) is 1. The number of carbonyl (C=O) groups excluding carboxylic acids is 1. The van der Waals surface area contributed by atoms with Gasteiger partial charge in [0.2, 0.25) is 0 Å². The number of hydrogen-bond acceptors (Lipinski definition) is 5. The van der Waals surface area contributed by atoms with Crippen LogP contribution in [-0.4, -0.2) is 33.7 Å². The van der Waals surface area contributed by atoms with E-state index in [0.29, 0.717) is 23.7 Å². The van der Waals surface area contributed by atoms with E-state index in [0.717, 1.165) is 5.56 Å². The Morgan fingerprint density at radius 3 is 2.41 bits per heavy atom. The Labute approximate surface area is 100 Å². The van der Waals surface area contributed by atoms with E-state index >= 15 is 0 Å². The third-order valence-electron chi connectivity index (χ3n) is 2.39. The van der Waals surface area contributed by atoms with Crippen LogP contribution in [0.5, 0.6) is 11.5 Å². The smallest absolute Gasteiger partial charge is 0.183 e. The maximum absolute atomic E-state index is 11.8. The Balaban J connectivity index is 3.37. The first-order valence-corrected chi connectivity index (χ1v) is 5.15. The quantitative estimate of drug-likeness (QED) is 0.750. The second-order valence-electron chi connectivity index (χ2n) is 3.40. The van der Waals surface area contributed by atoms with Crippen LogP contribution in [-0.2, 0) is 11.3 Å². The summed E-state index contributed by atoms with van der Waals surface area (Å²) in [6.07, 6.45) is 0. The third-order valence-corrected chi connectivity index (χ3v) is 2.39. The molecule has 0 spiro atoms. The van der Waals surface area contributed by atoms with Gasteiger partial charge in [-0.25, -0.2) is 0 Å². The van der Waals surface area contributed by atoms with Crippen LogP contribution in [0, 0.1) is 0 Å². The van der Waals surface area contributed by atoms with Gasteiger partial charge >= 0.3 is 0 Å². The third kappa shape index (κ3) is 2.75. The molecule has 1 rings (SSSR count). The van der Waals surface area contributed by atoms with Gasteiger partial charge in [0.15, 0.2) is 5.78 Å². The van der Waals surface area contributed by atoms with Gasteiger partial charge in [0, 0.05) is 12.7 Å². The number of rotatable bonds is 6. The predicted octanol–water partition coefficient (Wildman–Crippen LogP) is 0.992. The van der Waals surface area contributed by atoms with Gasteiger partial charge < -0.3 is 19.9 Å². The van der Waals surface area contributed by atoms with Gasteiger partial charge in [0.25, 0.3) is 0 Å². The Bertz CT molecular complexity index is 404. The molecule has 1 aromatic carbocycles. The number of Topliss-reactive ketones (excluding diaryl/α,β-unsaturated/α-hetero) is 1. The molecule has 0 atom stereocenters. The maximum Gasteiger partial charge on any atom is 0.183 e. The van der Waals surface area contributed by atoms with Crippen LogP contribution in [0.4, 0.5) is 0 Å². The van der Waals surface area contributed by atoms with Crippen LogP contribution in [0.25, 0.3) is 0 Å². The summed E-state index contributed by atoms with van der Waals surface area (Å²) in [4.78, 5) is 11.8. The van der Waals surface area contributed by atoms with Crippen molar-refractivity contribution in [2.45, 2.75) is 6.61 Å². The molecule has 0 radical (unpaired) electrons. The van der Waals surface area contributed by atoms with Crippen molar-refractivity contribution < 1.29 is 19.0 Å². The molecule has 0 heterocycles. The lowest BCUT2D eigenvalue weighted by Gasteiger charge is -2.15. The molecule has 0 amide bonds. The van der Waals surface area contributed by atoms with Crippen molar-refractivity contribution in [3.8, 4) is 11.5 Å². The minimum Gasteiger partial charge on any atom is -0.496 e. The number of carbonyl (C=O) groups is 1. The minimum atomic E-state index is -0.225. The van der Waals surface area contributed by atoms with Crippen LogP contribution in [0.2, 0.25) is 0 Å². The van der Waals surface area contributed by atoms with E-state index in [2.05, 4.69) is 0 Å². The normalized spacial score (nSPS) is 10.1. The van der Waals surface area contributed by atoms with Gasteiger partial charge in [0.05, 0.1) is 27.4 Å². The zero-order valence-electron chi connectivity index (χ0n) is 10.3. The molecule has 5 nitrogen and oxygen atoms in total. The summed E-state index contributed by atoms with van der Waals surface area (Å²) < 4.78 is 15.5. The van der Waals surface area contributed by atoms with E-state index in [1.165, 1.54) is 14.2 Å². The largest absolute Gasteiger partial charge is 0.496 e. The first-order valence-electron chi connectivity index (χ1n) is 5.15. The first-order chi connectivity index (χ1) is 8.19. The number of nitrogens with two attached hydrogens (primary N) is 1. The van der Waals surface area contributed by atoms with Crippen molar-refractivity contribution in [1.82, 2.24) is 0 Å². The van der Waals surface area contributed by atoms with Gasteiger partial charge in [-0.1, -0.05) is 0 Å². The molecule has 0 bridgehead atoms. The first kappa shape index (κ1) is 13.5. The zero-order chi connectivity index (χ0) is 12.8. The lowest BCUT2D eigenvalue weighted by molar-refractivity contribution is 0.0994. The van der Waals surface area contributed by atoms with E-state index in [1.807, 2.05) is 0 Å². The van der Waals surface area contributed by atoms with Gasteiger partial charge in [-0.2, -0.15) is 0 Å². The van der Waals surface area contributed by atoms with E-state index in [1.54, 1.807) is 19.2 Å². The Morgan fingerprint density at radius 1 is 1.24 bits per heavy atom. The monoisotopic (exact) mass is 239 g/mol. The molecule has 0 aromatic heterocycles. The van der Waals surface area contributed by atoms with Crippen LogP contribution in [0.3, 0.4) is 0 Å². The van der Waals surface area contributed by atoms with Gasteiger partial charge in [0.1, 0.15) is 17.1 Å². The lowest BCUT2D eigenvalue weighted by atomic mass is 10.0. The fourth-order valence-electron chi connectivity index (χ4n) is 1.65. The molecule has 0 aliphatic rings. The molecule has 0 fully saturated rings. The molecule has 5 heteroatoms. The lowest BCUT2D eigenvalue weighted by Crippen LogP contribution is -2.16. The highest BCUT2D eigenvalue weighted by Crippen LogP contribution is 2.32. The Morgan fingerprint density at radius 2 is 1.94 bits per heavy atom. The maximum atomic E-state index is 11.8. The standard InChI is InChI=1S/C12H17NO4/c1-15-7-8-4-5-10(16-2)11(9(14)6-13)12(8)17-3/h4-5H,6-7,13H2,1-3H3. The molecular formula is C12H17NO4. The van der Waals surface area contributed by atoms with Crippen molar-refractivity contribution in [3.63, 3.8) is 0 Å². The summed E-state index contributed by atoms with van der Waals surface area (Å²) in [7, 11) is 4.58. The van der Waals surface area contributed by atoms with Crippen molar-refractivity contribution in [2.75, 3.05) is 27.9 Å². The Hall–Kier alpha value is -1.59. The number of ether oxygens (including phenoxy) is 3. The molecule has 2 N–H and O–H groups in total. The number of benzene rings is 1. The van der Waals surface area contributed by atoms with E-state index in [9.17, 15) is 4.79 Å². The molecule has 0 saturated carbocycles. The molecular weight excluding hydrogens is 222 g/mol. The molecule has 0 aliphatic carbocycles. The summed E-state index contributed by atoms with van der Waals surface area (Å²) in [5, 5.41) is 0. The molecule has 0 aliphatic heterocycles. The second-order valence-corrected chi connectivity index (χ2v) is 3.40. The van der Waals surface area contributed by atoms with Crippen LogP contribution >= 0.6 is 0 Å². The molecule has 0 saturated heterocycles. The van der Waals surface area contributed by atoms with Crippen LogP contribution in [0.1, 0.15) is 15.9 Å². The summed E-state index contributed by atoms with van der Waals surface area (Å²) in [6, 6.07) is 3.51. The predicted molar refractivity (Wildman–Crippen MR) is 63.6 cm³/mol. The van der Waals surface area contributed by atoms with E-state index in [-0.39, 0.29) is 12.3 Å². The highest BCUT2D eigenvalue weighted by Gasteiger charge is 2.20. The minimum absolute atomic E-state index is 0.0941. The summed E-state index contributed by atoms with van der Waals surface area (Å²) in [5.41, 5.74) is 6.54. The summed E-state index contributed by atoms with van der Waals surface area (Å²) in [6.45, 7) is 0.265. The van der Waals surface area contributed by atoms with Crippen LogP contribution < -0.4 is 15.2 Å². The zero-order valence-corrected chi connectivity index (χ0v) is 10.3. The van der Waals surface area contributed by atoms with Crippen molar-refractivity contribution in [2.24, 2.45) is 5.73 Å². The van der Waals surface area contributed by atoms with Crippen molar-refractivity contribution >= 4 is 5.78 Å². The number of ketones is 1. The Kier molecular flexibility index (Phi) is 4.93. The molecule has 94 valence electrons. The fourth-order valence-corrected chi connectivity index (χ4v) is 1.65. The molecule has 0 unspecified atom stereocenters. The topological polar surface area (TPSA) is 70.8 Å². The van der Waals surface area contributed by atoms with E-state index in [4.69, 9.17) is 19.9 Å². The molecule has 17 heavy (non-hydrogen) atoms. The molecule has 1 aromatic rings. The summed E-state index contributed by atoms with van der Waals surface area (Å²) in [5.74, 6) is 0.690. The van der Waals surface area contributed by atoms with Gasteiger partial charge in [-0.3, -0.25) is 4.79 Å². The van der Waals surface area contributed by atoms with Gasteiger partial charge in [-0.05, 0) is 12.1 Å².